The zero-order valence-corrected chi connectivity index (χ0v) is 16.5. The van der Waals surface area contributed by atoms with Crippen LogP contribution in [0.15, 0.2) is 68.4 Å². The number of nitrogens with zero attached hydrogens (tertiary/aromatic N) is 2. The Morgan fingerprint density at radius 2 is 1.76 bits per heavy atom. The number of thioether (sulfide) groups is 1. The van der Waals surface area contributed by atoms with Gasteiger partial charge in [0.1, 0.15) is 0 Å². The Morgan fingerprint density at radius 1 is 1.12 bits per heavy atom. The van der Waals surface area contributed by atoms with Crippen LogP contribution in [0.5, 0.6) is 0 Å². The minimum Gasteiger partial charge on any atom is -0.273 e. The Balaban J connectivity index is 2.04. The minimum absolute atomic E-state index is 0.0872. The molecule has 0 N–H and O–H groups in total. The second-order valence-corrected chi connectivity index (χ2v) is 9.02. The fourth-order valence-corrected chi connectivity index (χ4v) is 4.90. The number of hydrogen-bond acceptors (Lipinski definition) is 4. The third-order valence-electron chi connectivity index (χ3n) is 3.63. The maximum absolute atomic E-state index is 12.6. The normalized spacial score (nSPS) is 19.6. The van der Waals surface area contributed by atoms with Crippen LogP contribution in [0.2, 0.25) is 0 Å². The van der Waals surface area contributed by atoms with Gasteiger partial charge in [0.05, 0.1) is 15.8 Å². The third-order valence-corrected chi connectivity index (χ3v) is 6.86. The van der Waals surface area contributed by atoms with Crippen LogP contribution in [0.1, 0.15) is 13.3 Å². The molecular formula is C17H15BrN2O3S2. The van der Waals surface area contributed by atoms with Gasteiger partial charge < -0.3 is 0 Å². The van der Waals surface area contributed by atoms with E-state index >= 15 is 0 Å². The Hall–Kier alpha value is -1.64. The summed E-state index contributed by atoms with van der Waals surface area (Å²) in [7, 11) is -3.90. The molecule has 1 saturated heterocycles. The lowest BCUT2D eigenvalue weighted by Crippen LogP contribution is -2.32. The molecule has 3 rings (SSSR count). The summed E-state index contributed by atoms with van der Waals surface area (Å²) in [5.41, 5.74) is 0.612. The first kappa shape index (κ1) is 18.2. The number of amidine groups is 1. The average Bonchev–Trinajstić information content (AvgIpc) is 2.90. The van der Waals surface area contributed by atoms with Crippen molar-refractivity contribution in [1.29, 1.82) is 0 Å². The molecule has 1 aliphatic heterocycles. The first-order valence-corrected chi connectivity index (χ1v) is 10.7. The molecule has 1 amide bonds. The monoisotopic (exact) mass is 438 g/mol. The van der Waals surface area contributed by atoms with E-state index in [-0.39, 0.29) is 21.2 Å². The second-order valence-electron chi connectivity index (χ2n) is 5.33. The highest BCUT2D eigenvalue weighted by molar-refractivity contribution is 9.10. The van der Waals surface area contributed by atoms with Crippen LogP contribution in [-0.2, 0) is 14.8 Å². The molecule has 0 saturated carbocycles. The van der Waals surface area contributed by atoms with Gasteiger partial charge in [0, 0.05) is 4.47 Å². The maximum atomic E-state index is 12.6. The molecule has 1 fully saturated rings. The third kappa shape index (κ3) is 3.80. The van der Waals surface area contributed by atoms with Crippen molar-refractivity contribution >= 4 is 54.5 Å². The number of amides is 1. The standard InChI is InChI=1S/C17H15BrN2O3S2/c1-2-15-16(21)20(13-6-4-3-5-7-13)17(24-15)19-25(22,23)14-10-8-12(18)9-11-14/h3-11,15H,2H2,1H3. The number of benzene rings is 2. The van der Waals surface area contributed by atoms with E-state index in [0.29, 0.717) is 12.1 Å². The highest BCUT2D eigenvalue weighted by atomic mass is 79.9. The molecule has 0 aromatic heterocycles. The maximum Gasteiger partial charge on any atom is 0.284 e. The van der Waals surface area contributed by atoms with Crippen molar-refractivity contribution in [2.75, 3.05) is 4.90 Å². The van der Waals surface area contributed by atoms with Crippen molar-refractivity contribution in [3.63, 3.8) is 0 Å². The van der Waals surface area contributed by atoms with Crippen LogP contribution < -0.4 is 4.90 Å². The van der Waals surface area contributed by atoms with Crippen LogP contribution in [0, 0.1) is 0 Å². The summed E-state index contributed by atoms with van der Waals surface area (Å²) in [6.07, 6.45) is 0.601. The van der Waals surface area contributed by atoms with Gasteiger partial charge in [0.25, 0.3) is 10.0 Å². The number of halogens is 1. The molecule has 2 aromatic carbocycles. The lowest BCUT2D eigenvalue weighted by Gasteiger charge is -2.16. The van der Waals surface area contributed by atoms with Gasteiger partial charge in [0.15, 0.2) is 5.17 Å². The number of carbonyl (C=O) groups is 1. The molecule has 5 nitrogen and oxygen atoms in total. The molecule has 25 heavy (non-hydrogen) atoms. The summed E-state index contributed by atoms with van der Waals surface area (Å²) in [6.45, 7) is 1.89. The minimum atomic E-state index is -3.90. The van der Waals surface area contributed by atoms with Crippen molar-refractivity contribution in [2.24, 2.45) is 4.40 Å². The number of hydrogen-bond donors (Lipinski definition) is 0. The summed E-state index contributed by atoms with van der Waals surface area (Å²) in [5, 5.41) is -0.148. The van der Waals surface area contributed by atoms with E-state index in [1.54, 1.807) is 36.4 Å². The van der Waals surface area contributed by atoms with Crippen LogP contribution in [0.3, 0.4) is 0 Å². The molecule has 0 spiro atoms. The van der Waals surface area contributed by atoms with Gasteiger partial charge in [-0.1, -0.05) is 52.8 Å². The fraction of sp³-hybridized carbons (Fsp3) is 0.176. The lowest BCUT2D eigenvalue weighted by molar-refractivity contribution is -0.116. The molecule has 1 heterocycles. The fourth-order valence-electron chi connectivity index (χ4n) is 2.37. The van der Waals surface area contributed by atoms with Gasteiger partial charge >= 0.3 is 0 Å². The van der Waals surface area contributed by atoms with E-state index < -0.39 is 10.0 Å². The van der Waals surface area contributed by atoms with Gasteiger partial charge in [-0.05, 0) is 42.8 Å². The summed E-state index contributed by atoms with van der Waals surface area (Å²) in [4.78, 5) is 14.1. The number of carbonyl (C=O) groups excluding carboxylic acids is 1. The number of anilines is 1. The van der Waals surface area contributed by atoms with Crippen molar-refractivity contribution in [3.05, 3.63) is 59.1 Å². The van der Waals surface area contributed by atoms with Crippen LogP contribution in [-0.4, -0.2) is 24.7 Å². The van der Waals surface area contributed by atoms with E-state index in [9.17, 15) is 13.2 Å². The van der Waals surface area contributed by atoms with E-state index in [2.05, 4.69) is 20.3 Å². The zero-order chi connectivity index (χ0) is 18.0. The molecule has 1 aliphatic rings. The molecular weight excluding hydrogens is 424 g/mol. The van der Waals surface area contributed by atoms with Crippen LogP contribution in [0.4, 0.5) is 5.69 Å². The van der Waals surface area contributed by atoms with Gasteiger partial charge in [-0.15, -0.1) is 4.40 Å². The van der Waals surface area contributed by atoms with E-state index in [4.69, 9.17) is 0 Å². The lowest BCUT2D eigenvalue weighted by atomic mass is 10.2. The number of para-hydroxylation sites is 1. The molecule has 2 aromatic rings. The molecule has 1 atom stereocenters. The summed E-state index contributed by atoms with van der Waals surface area (Å²) < 4.78 is 30.0. The van der Waals surface area contributed by atoms with Crippen molar-refractivity contribution < 1.29 is 13.2 Å². The molecule has 1 unspecified atom stereocenters. The number of rotatable bonds is 4. The SMILES string of the molecule is CCC1SC(=NS(=O)(=O)c2ccc(Br)cc2)N(c2ccccc2)C1=O. The number of sulfonamides is 1. The smallest absolute Gasteiger partial charge is 0.273 e. The highest BCUT2D eigenvalue weighted by Crippen LogP contribution is 2.34. The Morgan fingerprint density at radius 3 is 2.36 bits per heavy atom. The van der Waals surface area contributed by atoms with Crippen molar-refractivity contribution in [1.82, 2.24) is 0 Å². The molecule has 0 radical (unpaired) electrons. The largest absolute Gasteiger partial charge is 0.284 e. The predicted molar refractivity (Wildman–Crippen MR) is 104 cm³/mol. The topological polar surface area (TPSA) is 66.8 Å². The van der Waals surface area contributed by atoms with Gasteiger partial charge in [-0.3, -0.25) is 9.69 Å². The first-order valence-electron chi connectivity index (χ1n) is 7.58. The van der Waals surface area contributed by atoms with Crippen LogP contribution >= 0.6 is 27.7 Å². The molecule has 8 heteroatoms. The van der Waals surface area contributed by atoms with Crippen molar-refractivity contribution in [3.8, 4) is 0 Å². The second kappa shape index (κ2) is 7.31. The van der Waals surface area contributed by atoms with Gasteiger partial charge in [-0.2, -0.15) is 8.42 Å². The zero-order valence-electron chi connectivity index (χ0n) is 13.3. The summed E-state index contributed by atoms with van der Waals surface area (Å²) >= 11 is 4.46. The highest BCUT2D eigenvalue weighted by Gasteiger charge is 2.39. The molecule has 130 valence electrons. The molecule has 0 bridgehead atoms. The van der Waals surface area contributed by atoms with E-state index in [0.717, 1.165) is 4.47 Å². The predicted octanol–water partition coefficient (Wildman–Crippen LogP) is 4.05. The van der Waals surface area contributed by atoms with Gasteiger partial charge in [-0.25, -0.2) is 0 Å². The summed E-state index contributed by atoms with van der Waals surface area (Å²) in [5.74, 6) is -0.150. The quantitative estimate of drug-likeness (QED) is 0.721. The van der Waals surface area contributed by atoms with E-state index in [1.165, 1.54) is 28.8 Å². The average molecular weight is 439 g/mol. The first-order chi connectivity index (χ1) is 11.9. The Kier molecular flexibility index (Phi) is 5.31. The van der Waals surface area contributed by atoms with Gasteiger partial charge in [0.2, 0.25) is 5.91 Å². The van der Waals surface area contributed by atoms with Crippen molar-refractivity contribution in [2.45, 2.75) is 23.5 Å². The Labute approximate surface area is 159 Å². The Bertz CT molecular complexity index is 913. The van der Waals surface area contributed by atoms with E-state index in [1.807, 2.05) is 13.0 Å². The summed E-state index contributed by atoms with van der Waals surface area (Å²) in [6, 6.07) is 15.2. The molecule has 0 aliphatic carbocycles. The van der Waals surface area contributed by atoms with Crippen LogP contribution in [0.25, 0.3) is 0 Å².